The molecule has 2 unspecified atom stereocenters. The van der Waals surface area contributed by atoms with Crippen LogP contribution in [-0.2, 0) is 6.54 Å². The third-order valence-electron chi connectivity index (χ3n) is 4.06. The van der Waals surface area contributed by atoms with Crippen molar-refractivity contribution in [1.82, 2.24) is 10.3 Å². The van der Waals surface area contributed by atoms with Crippen molar-refractivity contribution in [1.29, 1.82) is 0 Å². The zero-order valence-corrected chi connectivity index (χ0v) is 10.9. The zero-order valence-electron chi connectivity index (χ0n) is 10.9. The first kappa shape index (κ1) is 11.7. The molecule has 1 heterocycles. The van der Waals surface area contributed by atoms with Gasteiger partial charge < -0.3 is 5.32 Å². The summed E-state index contributed by atoms with van der Waals surface area (Å²) in [4.78, 5) is 4.70. The van der Waals surface area contributed by atoms with Gasteiger partial charge in [-0.05, 0) is 30.9 Å². The van der Waals surface area contributed by atoms with Crippen molar-refractivity contribution in [3.63, 3.8) is 0 Å². The molecule has 0 aliphatic heterocycles. The monoisotopic (exact) mass is 240 g/mol. The lowest BCUT2D eigenvalue weighted by Crippen LogP contribution is -2.30. The molecule has 2 nitrogen and oxygen atoms in total. The van der Waals surface area contributed by atoms with Crippen molar-refractivity contribution < 1.29 is 0 Å². The number of aromatic nitrogens is 1. The fraction of sp³-hybridized carbons (Fsp3) is 0.438. The summed E-state index contributed by atoms with van der Waals surface area (Å²) in [5.74, 6) is 0.811. The van der Waals surface area contributed by atoms with Crippen LogP contribution in [-0.4, -0.2) is 11.0 Å². The second-order valence-electron chi connectivity index (χ2n) is 5.39. The van der Waals surface area contributed by atoms with Crippen molar-refractivity contribution in [3.05, 3.63) is 42.1 Å². The van der Waals surface area contributed by atoms with Gasteiger partial charge in [0.2, 0.25) is 0 Å². The van der Waals surface area contributed by atoms with Crippen molar-refractivity contribution in [2.45, 2.75) is 38.8 Å². The summed E-state index contributed by atoms with van der Waals surface area (Å²) in [6, 6.07) is 13.3. The molecule has 2 aromatic rings. The molecule has 94 valence electrons. The SMILES string of the molecule is CC1CCCC1NCc1ccc2ccccc2n1. The van der Waals surface area contributed by atoms with Gasteiger partial charge in [-0.25, -0.2) is 0 Å². The largest absolute Gasteiger partial charge is 0.308 e. The molecule has 1 fully saturated rings. The van der Waals surface area contributed by atoms with E-state index < -0.39 is 0 Å². The van der Waals surface area contributed by atoms with Gasteiger partial charge >= 0.3 is 0 Å². The van der Waals surface area contributed by atoms with Crippen LogP contribution in [0.1, 0.15) is 31.9 Å². The van der Waals surface area contributed by atoms with Gasteiger partial charge in [0.05, 0.1) is 11.2 Å². The molecule has 1 N–H and O–H groups in total. The first-order chi connectivity index (χ1) is 8.83. The number of para-hydroxylation sites is 1. The minimum absolute atomic E-state index is 0.679. The third kappa shape index (κ3) is 2.39. The van der Waals surface area contributed by atoms with E-state index in [1.807, 2.05) is 6.07 Å². The molecule has 2 heteroatoms. The molecule has 0 radical (unpaired) electrons. The van der Waals surface area contributed by atoms with Gasteiger partial charge in [0.15, 0.2) is 0 Å². The summed E-state index contributed by atoms with van der Waals surface area (Å²) >= 11 is 0. The van der Waals surface area contributed by atoms with E-state index in [4.69, 9.17) is 4.98 Å². The maximum Gasteiger partial charge on any atom is 0.0705 e. The number of hydrogen-bond donors (Lipinski definition) is 1. The average Bonchev–Trinajstić information content (AvgIpc) is 2.82. The Kier molecular flexibility index (Phi) is 3.28. The predicted octanol–water partition coefficient (Wildman–Crippen LogP) is 3.51. The number of rotatable bonds is 3. The van der Waals surface area contributed by atoms with Crippen molar-refractivity contribution >= 4 is 10.9 Å². The topological polar surface area (TPSA) is 24.9 Å². The van der Waals surface area contributed by atoms with Gasteiger partial charge in [0.25, 0.3) is 0 Å². The van der Waals surface area contributed by atoms with E-state index in [9.17, 15) is 0 Å². The molecule has 0 saturated heterocycles. The van der Waals surface area contributed by atoms with E-state index in [-0.39, 0.29) is 0 Å². The lowest BCUT2D eigenvalue weighted by atomic mass is 10.1. The van der Waals surface area contributed by atoms with Crippen LogP contribution < -0.4 is 5.32 Å². The molecule has 2 atom stereocenters. The highest BCUT2D eigenvalue weighted by atomic mass is 14.9. The van der Waals surface area contributed by atoms with Crippen LogP contribution in [0.4, 0.5) is 0 Å². The Morgan fingerprint density at radius 3 is 2.89 bits per heavy atom. The van der Waals surface area contributed by atoms with Crippen LogP contribution in [0.2, 0.25) is 0 Å². The van der Waals surface area contributed by atoms with Crippen molar-refractivity contribution in [2.75, 3.05) is 0 Å². The van der Waals surface area contributed by atoms with E-state index in [1.165, 1.54) is 24.6 Å². The highest BCUT2D eigenvalue weighted by molar-refractivity contribution is 5.78. The molecule has 18 heavy (non-hydrogen) atoms. The van der Waals surface area contributed by atoms with Crippen molar-refractivity contribution in [3.8, 4) is 0 Å². The number of benzene rings is 1. The number of nitrogens with zero attached hydrogens (tertiary/aromatic N) is 1. The first-order valence-electron chi connectivity index (χ1n) is 6.91. The van der Waals surface area contributed by atoms with Gasteiger partial charge in [0, 0.05) is 18.0 Å². The Balaban J connectivity index is 1.71. The van der Waals surface area contributed by atoms with Crippen LogP contribution >= 0.6 is 0 Å². The van der Waals surface area contributed by atoms with Crippen LogP contribution in [0, 0.1) is 5.92 Å². The maximum absolute atomic E-state index is 4.70. The maximum atomic E-state index is 4.70. The lowest BCUT2D eigenvalue weighted by molar-refractivity contribution is 0.424. The van der Waals surface area contributed by atoms with Gasteiger partial charge in [0.1, 0.15) is 0 Å². The van der Waals surface area contributed by atoms with Gasteiger partial charge in [-0.15, -0.1) is 0 Å². The zero-order chi connectivity index (χ0) is 12.4. The number of nitrogens with one attached hydrogen (secondary N) is 1. The molecule has 1 aliphatic rings. The first-order valence-corrected chi connectivity index (χ1v) is 6.91. The Hall–Kier alpha value is -1.41. The second kappa shape index (κ2) is 5.07. The smallest absolute Gasteiger partial charge is 0.0705 e. The molecule has 1 aromatic carbocycles. The molecule has 1 aliphatic carbocycles. The molecule has 1 saturated carbocycles. The highest BCUT2D eigenvalue weighted by Crippen LogP contribution is 2.25. The van der Waals surface area contributed by atoms with E-state index in [1.54, 1.807) is 0 Å². The normalized spacial score (nSPS) is 23.6. The third-order valence-corrected chi connectivity index (χ3v) is 4.06. The molecule has 0 spiro atoms. The predicted molar refractivity (Wildman–Crippen MR) is 75.4 cm³/mol. The van der Waals surface area contributed by atoms with Crippen LogP contribution in [0.25, 0.3) is 10.9 Å². The molecule has 1 aromatic heterocycles. The fourth-order valence-corrected chi connectivity index (χ4v) is 2.89. The van der Waals surface area contributed by atoms with E-state index in [2.05, 4.69) is 42.6 Å². The van der Waals surface area contributed by atoms with Gasteiger partial charge in [-0.1, -0.05) is 37.6 Å². The molecule has 0 amide bonds. The minimum Gasteiger partial charge on any atom is -0.308 e. The number of hydrogen-bond acceptors (Lipinski definition) is 2. The lowest BCUT2D eigenvalue weighted by Gasteiger charge is -2.17. The summed E-state index contributed by atoms with van der Waals surface area (Å²) < 4.78 is 0. The summed E-state index contributed by atoms with van der Waals surface area (Å²) in [7, 11) is 0. The van der Waals surface area contributed by atoms with Crippen molar-refractivity contribution in [2.24, 2.45) is 5.92 Å². The molecule has 0 bridgehead atoms. The van der Waals surface area contributed by atoms with E-state index >= 15 is 0 Å². The Morgan fingerprint density at radius 1 is 1.17 bits per heavy atom. The molecular formula is C16H20N2. The fourth-order valence-electron chi connectivity index (χ4n) is 2.89. The van der Waals surface area contributed by atoms with E-state index in [0.717, 1.165) is 23.7 Å². The van der Waals surface area contributed by atoms with Gasteiger partial charge in [-0.2, -0.15) is 0 Å². The Morgan fingerprint density at radius 2 is 2.06 bits per heavy atom. The van der Waals surface area contributed by atoms with Crippen LogP contribution in [0.3, 0.4) is 0 Å². The molecular weight excluding hydrogens is 220 g/mol. The Bertz CT molecular complexity index is 535. The highest BCUT2D eigenvalue weighted by Gasteiger charge is 2.22. The summed E-state index contributed by atoms with van der Waals surface area (Å²) in [6.45, 7) is 3.23. The second-order valence-corrected chi connectivity index (χ2v) is 5.39. The van der Waals surface area contributed by atoms with Crippen LogP contribution in [0.5, 0.6) is 0 Å². The minimum atomic E-state index is 0.679. The average molecular weight is 240 g/mol. The van der Waals surface area contributed by atoms with Crippen LogP contribution in [0.15, 0.2) is 36.4 Å². The van der Waals surface area contributed by atoms with Gasteiger partial charge in [-0.3, -0.25) is 4.98 Å². The summed E-state index contributed by atoms with van der Waals surface area (Å²) in [5.41, 5.74) is 2.24. The van der Waals surface area contributed by atoms with E-state index in [0.29, 0.717) is 6.04 Å². The molecule has 3 rings (SSSR count). The quantitative estimate of drug-likeness (QED) is 0.888. The Labute approximate surface area is 108 Å². The summed E-state index contributed by atoms with van der Waals surface area (Å²) in [6.07, 6.45) is 4.04. The number of pyridine rings is 1. The number of fused-ring (bicyclic) bond motifs is 1. The summed E-state index contributed by atoms with van der Waals surface area (Å²) in [5, 5.41) is 4.87. The standard InChI is InChI=1S/C16H20N2/c1-12-5-4-8-15(12)17-11-14-10-9-13-6-2-3-7-16(13)18-14/h2-3,6-7,9-10,12,15,17H,4-5,8,11H2,1H3.